The van der Waals surface area contributed by atoms with Crippen LogP contribution in [0.25, 0.3) is 0 Å². The lowest BCUT2D eigenvalue weighted by Gasteiger charge is -2.25. The molecule has 132 valence electrons. The fourth-order valence-corrected chi connectivity index (χ4v) is 1.30. The number of unbranched alkanes of at least 4 members (excludes halogenated alkanes) is 3. The summed E-state index contributed by atoms with van der Waals surface area (Å²) in [6, 6.07) is 1.26. The van der Waals surface area contributed by atoms with Crippen LogP contribution in [0.3, 0.4) is 0 Å². The molecule has 2 unspecified atom stereocenters. The molecule has 0 aliphatic heterocycles. The molecule has 0 fully saturated rings. The Morgan fingerprint density at radius 1 is 0.667 bits per heavy atom. The Kier molecular flexibility index (Phi) is 22.1. The molecule has 2 heteroatoms. The second-order valence-electron chi connectivity index (χ2n) is 7.03. The number of nitrogens with one attached hydrogen (secondary N) is 1. The van der Waals surface area contributed by atoms with Gasteiger partial charge < -0.3 is 10.4 Å². The fraction of sp³-hybridized carbons (Fsp3) is 1.00. The predicted octanol–water partition coefficient (Wildman–Crippen LogP) is 5.64. The van der Waals surface area contributed by atoms with Crippen LogP contribution in [0.4, 0.5) is 0 Å². The molecule has 0 aliphatic rings. The van der Waals surface area contributed by atoms with E-state index >= 15 is 0 Å². The second-order valence-corrected chi connectivity index (χ2v) is 7.03. The summed E-state index contributed by atoms with van der Waals surface area (Å²) in [5.74, 6) is 1.47. The van der Waals surface area contributed by atoms with Crippen LogP contribution in [0.1, 0.15) is 94.9 Å². The Balaban J connectivity index is -0.000000272. The fourth-order valence-electron chi connectivity index (χ4n) is 1.30. The Hall–Kier alpha value is -0.0800. The second kappa shape index (κ2) is 18.0. The van der Waals surface area contributed by atoms with Crippen LogP contribution in [-0.4, -0.2) is 23.3 Å². The first-order valence-corrected chi connectivity index (χ1v) is 9.04. The van der Waals surface area contributed by atoms with E-state index in [0.717, 1.165) is 11.8 Å². The molecular weight excluding hydrogens is 258 g/mol. The maximum Gasteiger partial charge on any atom is 0.0483 e. The van der Waals surface area contributed by atoms with Crippen molar-refractivity contribution in [3.63, 3.8) is 0 Å². The van der Waals surface area contributed by atoms with Gasteiger partial charge in [0.2, 0.25) is 0 Å². The van der Waals surface area contributed by atoms with Crippen molar-refractivity contribution in [3.8, 4) is 0 Å². The third-order valence-electron chi connectivity index (χ3n) is 3.48. The molecule has 21 heavy (non-hydrogen) atoms. The first kappa shape index (κ1) is 25.9. The molecular formula is C19H45NO. The van der Waals surface area contributed by atoms with Crippen molar-refractivity contribution in [3.05, 3.63) is 0 Å². The van der Waals surface area contributed by atoms with Crippen LogP contribution in [0.5, 0.6) is 0 Å². The number of rotatable bonds is 7. The van der Waals surface area contributed by atoms with Crippen molar-refractivity contribution < 1.29 is 5.11 Å². The van der Waals surface area contributed by atoms with Gasteiger partial charge in [-0.2, -0.15) is 0 Å². The number of aliphatic hydroxyl groups excluding tert-OH is 1. The van der Waals surface area contributed by atoms with Crippen molar-refractivity contribution in [2.24, 2.45) is 11.8 Å². The van der Waals surface area contributed by atoms with Gasteiger partial charge in [-0.1, -0.05) is 67.2 Å². The quantitative estimate of drug-likeness (QED) is 0.597. The standard InChI is InChI=1S/C10H23N.C6H14.C3H8O/c1-7(2)9(5)11-10(6)8(3)4;1-3-5-6-4-2;1-3(2)4/h7-11H,1-6H3;3-6H2,1-2H3;3-4H,1-2H3. The minimum atomic E-state index is -0.167. The smallest absolute Gasteiger partial charge is 0.0483 e. The first-order valence-electron chi connectivity index (χ1n) is 9.04. The summed E-state index contributed by atoms with van der Waals surface area (Å²) < 4.78 is 0. The first-order chi connectivity index (χ1) is 9.59. The normalized spacial score (nSPS) is 13.4. The van der Waals surface area contributed by atoms with E-state index in [4.69, 9.17) is 5.11 Å². The molecule has 0 radical (unpaired) electrons. The number of hydrogen-bond acceptors (Lipinski definition) is 2. The van der Waals surface area contributed by atoms with Gasteiger partial charge in [0.15, 0.2) is 0 Å². The molecule has 0 heterocycles. The minimum Gasteiger partial charge on any atom is -0.394 e. The van der Waals surface area contributed by atoms with Crippen molar-refractivity contribution in [2.75, 3.05) is 0 Å². The highest BCUT2D eigenvalue weighted by Crippen LogP contribution is 2.06. The Morgan fingerprint density at radius 3 is 1.05 bits per heavy atom. The average molecular weight is 304 g/mol. The molecule has 0 amide bonds. The van der Waals surface area contributed by atoms with Crippen LogP contribution in [0.2, 0.25) is 0 Å². The SMILES string of the molecule is CC(C)C(C)NC(C)C(C)C.CC(C)O.CCCCCC. The largest absolute Gasteiger partial charge is 0.394 e. The van der Waals surface area contributed by atoms with E-state index in [0.29, 0.717) is 12.1 Å². The highest BCUT2D eigenvalue weighted by Gasteiger charge is 2.12. The van der Waals surface area contributed by atoms with Gasteiger partial charge in [-0.15, -0.1) is 0 Å². The van der Waals surface area contributed by atoms with E-state index < -0.39 is 0 Å². The van der Waals surface area contributed by atoms with Gasteiger partial charge in [-0.05, 0) is 39.5 Å². The molecule has 0 aromatic heterocycles. The van der Waals surface area contributed by atoms with Crippen molar-refractivity contribution in [2.45, 2.75) is 113 Å². The van der Waals surface area contributed by atoms with E-state index in [9.17, 15) is 0 Å². The van der Waals surface area contributed by atoms with Gasteiger partial charge in [-0.25, -0.2) is 0 Å². The van der Waals surface area contributed by atoms with Crippen molar-refractivity contribution in [1.29, 1.82) is 0 Å². The summed E-state index contributed by atoms with van der Waals surface area (Å²) in [6.07, 6.45) is 5.37. The van der Waals surface area contributed by atoms with Gasteiger partial charge in [-0.3, -0.25) is 0 Å². The lowest BCUT2D eigenvalue weighted by molar-refractivity contribution is 0.216. The van der Waals surface area contributed by atoms with Gasteiger partial charge in [0, 0.05) is 18.2 Å². The summed E-state index contributed by atoms with van der Waals surface area (Å²) >= 11 is 0. The third kappa shape index (κ3) is 28.7. The zero-order chi connectivity index (χ0) is 17.4. The highest BCUT2D eigenvalue weighted by molar-refractivity contribution is 4.71. The lowest BCUT2D eigenvalue weighted by atomic mass is 10.0. The molecule has 2 N–H and O–H groups in total. The van der Waals surface area contributed by atoms with Crippen molar-refractivity contribution >= 4 is 0 Å². The van der Waals surface area contributed by atoms with E-state index in [-0.39, 0.29) is 6.10 Å². The van der Waals surface area contributed by atoms with Crippen LogP contribution >= 0.6 is 0 Å². The van der Waals surface area contributed by atoms with Crippen LogP contribution in [0.15, 0.2) is 0 Å². The van der Waals surface area contributed by atoms with E-state index in [1.54, 1.807) is 13.8 Å². The molecule has 2 atom stereocenters. The van der Waals surface area contributed by atoms with Gasteiger partial charge in [0.05, 0.1) is 0 Å². The number of hydrogen-bond donors (Lipinski definition) is 2. The van der Waals surface area contributed by atoms with Gasteiger partial charge >= 0.3 is 0 Å². The van der Waals surface area contributed by atoms with Gasteiger partial charge in [0.1, 0.15) is 0 Å². The molecule has 0 saturated heterocycles. The molecule has 0 saturated carbocycles. The van der Waals surface area contributed by atoms with E-state index in [1.807, 2.05) is 0 Å². The van der Waals surface area contributed by atoms with Crippen LogP contribution in [0, 0.1) is 11.8 Å². The summed E-state index contributed by atoms with van der Waals surface area (Å²) in [7, 11) is 0. The Labute approximate surface area is 136 Å². The molecule has 2 nitrogen and oxygen atoms in total. The Morgan fingerprint density at radius 2 is 0.905 bits per heavy atom. The van der Waals surface area contributed by atoms with Gasteiger partial charge in [0.25, 0.3) is 0 Å². The van der Waals surface area contributed by atoms with E-state index in [2.05, 4.69) is 60.7 Å². The molecule has 0 aliphatic carbocycles. The molecule has 0 bridgehead atoms. The summed E-state index contributed by atoms with van der Waals surface area (Å²) in [5.41, 5.74) is 0. The average Bonchev–Trinajstić information content (AvgIpc) is 2.35. The topological polar surface area (TPSA) is 32.3 Å². The summed E-state index contributed by atoms with van der Waals surface area (Å²) in [5, 5.41) is 11.6. The van der Waals surface area contributed by atoms with Crippen molar-refractivity contribution in [1.82, 2.24) is 5.32 Å². The van der Waals surface area contributed by atoms with Crippen LogP contribution in [-0.2, 0) is 0 Å². The zero-order valence-electron chi connectivity index (χ0n) is 16.7. The summed E-state index contributed by atoms with van der Waals surface area (Å²) in [4.78, 5) is 0. The maximum atomic E-state index is 8.06. The monoisotopic (exact) mass is 303 g/mol. The Bertz CT molecular complexity index is 160. The lowest BCUT2D eigenvalue weighted by Crippen LogP contribution is -2.40. The zero-order valence-corrected chi connectivity index (χ0v) is 16.7. The molecule has 0 rings (SSSR count). The highest BCUT2D eigenvalue weighted by atomic mass is 16.3. The maximum absolute atomic E-state index is 8.06. The third-order valence-corrected chi connectivity index (χ3v) is 3.48. The molecule has 0 aromatic rings. The van der Waals surface area contributed by atoms with E-state index in [1.165, 1.54) is 25.7 Å². The molecule has 0 spiro atoms. The number of aliphatic hydroxyl groups is 1. The predicted molar refractivity (Wildman–Crippen MR) is 98.9 cm³/mol. The molecule has 0 aromatic carbocycles. The summed E-state index contributed by atoms with van der Waals surface area (Å²) in [6.45, 7) is 21.4. The van der Waals surface area contributed by atoms with Crippen LogP contribution < -0.4 is 5.32 Å². The minimum absolute atomic E-state index is 0.167.